The van der Waals surface area contributed by atoms with Crippen molar-refractivity contribution in [2.75, 3.05) is 18.9 Å². The van der Waals surface area contributed by atoms with Gasteiger partial charge in [0.1, 0.15) is 16.4 Å². The van der Waals surface area contributed by atoms with Crippen molar-refractivity contribution in [3.63, 3.8) is 0 Å². The Hall–Kier alpha value is -2.22. The molecule has 0 aliphatic heterocycles. The van der Waals surface area contributed by atoms with Crippen LogP contribution < -0.4 is 14.2 Å². The van der Waals surface area contributed by atoms with Crippen LogP contribution in [0.15, 0.2) is 29.3 Å². The highest BCUT2D eigenvalue weighted by Gasteiger charge is 2.32. The van der Waals surface area contributed by atoms with E-state index in [-0.39, 0.29) is 10.9 Å². The van der Waals surface area contributed by atoms with E-state index in [1.807, 2.05) is 25.5 Å². The number of sulfonamides is 1. The van der Waals surface area contributed by atoms with Crippen LogP contribution in [-0.4, -0.2) is 32.4 Å². The predicted molar refractivity (Wildman–Crippen MR) is 109 cm³/mol. The minimum absolute atomic E-state index is 0.205. The van der Waals surface area contributed by atoms with Crippen LogP contribution in [0.2, 0.25) is 0 Å². The predicted octanol–water partition coefficient (Wildman–Crippen LogP) is 4.11. The fourth-order valence-electron chi connectivity index (χ4n) is 3.54. The summed E-state index contributed by atoms with van der Waals surface area (Å²) in [4.78, 5) is 0.205. The Kier molecular flexibility index (Phi) is 5.61. The number of methoxy groups -OCH3 is 2. The van der Waals surface area contributed by atoms with E-state index < -0.39 is 15.4 Å². The Labute approximate surface area is 167 Å². The molecule has 2 aromatic rings. The normalized spacial score (nSPS) is 15.6. The quantitative estimate of drug-likeness (QED) is 0.779. The zero-order valence-corrected chi connectivity index (χ0v) is 18.0. The van der Waals surface area contributed by atoms with Crippen molar-refractivity contribution in [1.29, 1.82) is 0 Å². The van der Waals surface area contributed by atoms with Crippen molar-refractivity contribution in [3.8, 4) is 11.5 Å². The van der Waals surface area contributed by atoms with Crippen molar-refractivity contribution < 1.29 is 17.9 Å². The third-order valence-electron chi connectivity index (χ3n) is 5.05. The van der Waals surface area contributed by atoms with Crippen molar-refractivity contribution in [2.24, 2.45) is 0 Å². The second-order valence-electron chi connectivity index (χ2n) is 8.18. The molecule has 8 heteroatoms. The van der Waals surface area contributed by atoms with Crippen LogP contribution in [0.3, 0.4) is 0 Å². The lowest BCUT2D eigenvalue weighted by atomic mass is 9.92. The number of nitrogens with one attached hydrogen (secondary N) is 1. The Morgan fingerprint density at radius 3 is 2.39 bits per heavy atom. The average Bonchev–Trinajstić information content (AvgIpc) is 3.30. The second kappa shape index (κ2) is 7.66. The summed E-state index contributed by atoms with van der Waals surface area (Å²) in [6.45, 7) is 5.92. The monoisotopic (exact) mass is 407 g/mol. The lowest BCUT2D eigenvalue weighted by Gasteiger charge is -2.18. The highest BCUT2D eigenvalue weighted by Crippen LogP contribution is 2.36. The van der Waals surface area contributed by atoms with Gasteiger partial charge in [-0.2, -0.15) is 5.10 Å². The van der Waals surface area contributed by atoms with Gasteiger partial charge in [-0.05, 0) is 25.0 Å². The van der Waals surface area contributed by atoms with E-state index in [0.717, 1.165) is 25.7 Å². The molecule has 28 heavy (non-hydrogen) atoms. The molecule has 1 saturated carbocycles. The Morgan fingerprint density at radius 2 is 1.82 bits per heavy atom. The van der Waals surface area contributed by atoms with E-state index in [4.69, 9.17) is 9.47 Å². The van der Waals surface area contributed by atoms with Gasteiger partial charge in [-0.3, -0.25) is 9.40 Å². The van der Waals surface area contributed by atoms with E-state index in [0.29, 0.717) is 22.9 Å². The van der Waals surface area contributed by atoms with Gasteiger partial charge in [0.2, 0.25) is 0 Å². The molecule has 1 fully saturated rings. The standard InChI is InChI=1S/C20H29N3O4S/c1-20(2,3)19-18(13-23(21-19)14-8-6-7-9-14)28(24,25)22-16-12-15(26-4)10-11-17(16)27-5/h10-14,22H,6-9H2,1-5H3. The summed E-state index contributed by atoms with van der Waals surface area (Å²) in [7, 11) is -0.833. The van der Waals surface area contributed by atoms with Gasteiger partial charge in [0.25, 0.3) is 10.0 Å². The van der Waals surface area contributed by atoms with Crippen LogP contribution in [0.4, 0.5) is 5.69 Å². The number of ether oxygens (including phenoxy) is 2. The first kappa shape index (κ1) is 20.5. The molecular formula is C20H29N3O4S. The highest BCUT2D eigenvalue weighted by molar-refractivity contribution is 7.92. The molecule has 0 amide bonds. The minimum Gasteiger partial charge on any atom is -0.497 e. The lowest BCUT2D eigenvalue weighted by Crippen LogP contribution is -2.20. The van der Waals surface area contributed by atoms with E-state index in [1.165, 1.54) is 14.2 Å². The zero-order chi connectivity index (χ0) is 20.5. The first-order chi connectivity index (χ1) is 13.2. The molecule has 1 N–H and O–H groups in total. The number of anilines is 1. The van der Waals surface area contributed by atoms with Gasteiger partial charge in [-0.25, -0.2) is 8.42 Å². The van der Waals surface area contributed by atoms with Gasteiger partial charge in [0.05, 0.1) is 31.6 Å². The molecule has 1 aromatic carbocycles. The maximum absolute atomic E-state index is 13.3. The van der Waals surface area contributed by atoms with Crippen LogP contribution in [-0.2, 0) is 15.4 Å². The number of nitrogens with zero attached hydrogens (tertiary/aromatic N) is 2. The van der Waals surface area contributed by atoms with E-state index in [2.05, 4.69) is 9.82 Å². The van der Waals surface area contributed by atoms with Crippen LogP contribution in [0.1, 0.15) is 58.2 Å². The summed E-state index contributed by atoms with van der Waals surface area (Å²) in [5.74, 6) is 0.959. The average molecular weight is 408 g/mol. The van der Waals surface area contributed by atoms with Crippen molar-refractivity contribution >= 4 is 15.7 Å². The molecule has 0 spiro atoms. The fourth-order valence-corrected chi connectivity index (χ4v) is 4.95. The summed E-state index contributed by atoms with van der Waals surface area (Å²) in [6.07, 6.45) is 6.03. The first-order valence-corrected chi connectivity index (χ1v) is 11.0. The van der Waals surface area contributed by atoms with Gasteiger partial charge in [0.15, 0.2) is 0 Å². The SMILES string of the molecule is COc1ccc(OC)c(NS(=O)(=O)c2cn(C3CCCC3)nc2C(C)(C)C)c1. The zero-order valence-electron chi connectivity index (χ0n) is 17.2. The highest BCUT2D eigenvalue weighted by atomic mass is 32.2. The summed E-state index contributed by atoms with van der Waals surface area (Å²) in [5, 5.41) is 4.69. The Morgan fingerprint density at radius 1 is 1.14 bits per heavy atom. The molecule has 0 atom stereocenters. The third-order valence-corrected chi connectivity index (χ3v) is 6.41. The summed E-state index contributed by atoms with van der Waals surface area (Å²) in [6, 6.07) is 5.25. The van der Waals surface area contributed by atoms with Gasteiger partial charge >= 0.3 is 0 Å². The van der Waals surface area contributed by atoms with Crippen LogP contribution >= 0.6 is 0 Å². The third kappa shape index (κ3) is 4.11. The molecule has 154 valence electrons. The van der Waals surface area contributed by atoms with Crippen molar-refractivity contribution in [3.05, 3.63) is 30.1 Å². The van der Waals surface area contributed by atoms with Gasteiger partial charge in [-0.1, -0.05) is 33.6 Å². The summed E-state index contributed by atoms with van der Waals surface area (Å²) in [5.41, 5.74) is 0.482. The van der Waals surface area contributed by atoms with Crippen LogP contribution in [0, 0.1) is 0 Å². The van der Waals surface area contributed by atoms with Crippen molar-refractivity contribution in [2.45, 2.75) is 62.8 Å². The molecule has 1 aromatic heterocycles. The van der Waals surface area contributed by atoms with E-state index in [1.54, 1.807) is 24.4 Å². The smallest absolute Gasteiger partial charge is 0.265 e. The summed E-state index contributed by atoms with van der Waals surface area (Å²) >= 11 is 0. The van der Waals surface area contributed by atoms with Crippen LogP contribution in [0.25, 0.3) is 0 Å². The Balaban J connectivity index is 2.04. The maximum atomic E-state index is 13.3. The van der Waals surface area contributed by atoms with E-state index in [9.17, 15) is 8.42 Å². The van der Waals surface area contributed by atoms with E-state index >= 15 is 0 Å². The number of benzene rings is 1. The van der Waals surface area contributed by atoms with Gasteiger partial charge in [0, 0.05) is 17.7 Å². The number of hydrogen-bond acceptors (Lipinski definition) is 5. The molecule has 0 radical (unpaired) electrons. The molecule has 7 nitrogen and oxygen atoms in total. The van der Waals surface area contributed by atoms with Crippen molar-refractivity contribution in [1.82, 2.24) is 9.78 Å². The molecule has 1 aliphatic carbocycles. The molecule has 1 heterocycles. The molecule has 1 aliphatic rings. The largest absolute Gasteiger partial charge is 0.497 e. The number of aromatic nitrogens is 2. The molecule has 0 saturated heterocycles. The molecule has 0 unspecified atom stereocenters. The second-order valence-corrected chi connectivity index (χ2v) is 9.83. The Bertz CT molecular complexity index is 939. The molecule has 3 rings (SSSR count). The van der Waals surface area contributed by atoms with Crippen LogP contribution in [0.5, 0.6) is 11.5 Å². The number of rotatable bonds is 6. The molecular weight excluding hydrogens is 378 g/mol. The fraction of sp³-hybridized carbons (Fsp3) is 0.550. The first-order valence-electron chi connectivity index (χ1n) is 9.50. The lowest BCUT2D eigenvalue weighted by molar-refractivity contribution is 0.405. The summed E-state index contributed by atoms with van der Waals surface area (Å²) < 4.78 is 41.6. The molecule has 0 bridgehead atoms. The van der Waals surface area contributed by atoms with Gasteiger partial charge in [-0.15, -0.1) is 0 Å². The van der Waals surface area contributed by atoms with Gasteiger partial charge < -0.3 is 9.47 Å². The maximum Gasteiger partial charge on any atom is 0.265 e. The topological polar surface area (TPSA) is 82.5 Å². The number of hydrogen-bond donors (Lipinski definition) is 1. The minimum atomic E-state index is -3.86.